The molecule has 0 fully saturated rings. The van der Waals surface area contributed by atoms with Crippen molar-refractivity contribution in [3.63, 3.8) is 0 Å². The summed E-state index contributed by atoms with van der Waals surface area (Å²) in [4.78, 5) is 0. The first-order chi connectivity index (χ1) is 5.49. The van der Waals surface area contributed by atoms with Crippen LogP contribution in [0.15, 0.2) is 24.3 Å². The van der Waals surface area contributed by atoms with Gasteiger partial charge in [-0.1, -0.05) is 18.2 Å². The zero-order valence-corrected chi connectivity index (χ0v) is 7.64. The predicted molar refractivity (Wildman–Crippen MR) is 49.4 cm³/mol. The molecule has 1 rings (SSSR count). The van der Waals surface area contributed by atoms with Crippen molar-refractivity contribution in [1.82, 2.24) is 0 Å². The minimum atomic E-state index is -2.98. The zero-order chi connectivity index (χ0) is 9.19. The summed E-state index contributed by atoms with van der Waals surface area (Å²) in [7, 11) is -2.98. The number of nitrogen functional groups attached to an aromatic ring is 1. The summed E-state index contributed by atoms with van der Waals surface area (Å²) in [6.45, 7) is 0. The van der Waals surface area contributed by atoms with E-state index in [4.69, 9.17) is 5.73 Å². The van der Waals surface area contributed by atoms with Crippen LogP contribution in [0, 0.1) is 0 Å². The molecule has 0 atom stereocenters. The average molecular weight is 185 g/mol. The van der Waals surface area contributed by atoms with E-state index >= 15 is 0 Å². The van der Waals surface area contributed by atoms with Gasteiger partial charge in [-0.3, -0.25) is 0 Å². The van der Waals surface area contributed by atoms with Crippen LogP contribution in [0.1, 0.15) is 5.56 Å². The van der Waals surface area contributed by atoms with Crippen molar-refractivity contribution in [2.75, 3.05) is 12.0 Å². The van der Waals surface area contributed by atoms with Gasteiger partial charge in [-0.25, -0.2) is 8.42 Å². The predicted octanol–water partition coefficient (Wildman–Crippen LogP) is 0.813. The lowest BCUT2D eigenvalue weighted by Crippen LogP contribution is -2.03. The highest BCUT2D eigenvalue weighted by Crippen LogP contribution is 2.12. The molecule has 1 aromatic rings. The lowest BCUT2D eigenvalue weighted by Gasteiger charge is -2.02. The topological polar surface area (TPSA) is 60.2 Å². The number of para-hydroxylation sites is 1. The van der Waals surface area contributed by atoms with Gasteiger partial charge in [-0.15, -0.1) is 0 Å². The van der Waals surface area contributed by atoms with Crippen LogP contribution in [0.25, 0.3) is 0 Å². The van der Waals surface area contributed by atoms with Crippen LogP contribution in [-0.4, -0.2) is 14.7 Å². The van der Waals surface area contributed by atoms with E-state index in [1.54, 1.807) is 24.3 Å². The van der Waals surface area contributed by atoms with Crippen molar-refractivity contribution in [1.29, 1.82) is 0 Å². The average Bonchev–Trinajstić information content (AvgIpc) is 1.91. The van der Waals surface area contributed by atoms with Crippen LogP contribution in [0.2, 0.25) is 0 Å². The SMILES string of the molecule is CS(=O)(=O)Cc1ccccc1N. The van der Waals surface area contributed by atoms with E-state index in [2.05, 4.69) is 0 Å². The number of hydrogen-bond acceptors (Lipinski definition) is 3. The number of hydrogen-bond donors (Lipinski definition) is 1. The maximum absolute atomic E-state index is 10.9. The minimum absolute atomic E-state index is 0.0136. The second kappa shape index (κ2) is 3.15. The third-order valence-electron chi connectivity index (χ3n) is 1.47. The molecule has 0 spiro atoms. The van der Waals surface area contributed by atoms with Gasteiger partial charge in [0.25, 0.3) is 0 Å². The van der Waals surface area contributed by atoms with E-state index in [1.165, 1.54) is 6.26 Å². The van der Waals surface area contributed by atoms with Gasteiger partial charge < -0.3 is 5.73 Å². The molecule has 0 saturated heterocycles. The molecule has 2 N–H and O–H groups in total. The smallest absolute Gasteiger partial charge is 0.151 e. The standard InChI is InChI=1S/C8H11NO2S/c1-12(10,11)6-7-4-2-3-5-8(7)9/h2-5H,6,9H2,1H3. The second-order valence-electron chi connectivity index (χ2n) is 2.77. The van der Waals surface area contributed by atoms with Crippen molar-refractivity contribution in [3.8, 4) is 0 Å². The number of rotatable bonds is 2. The number of benzene rings is 1. The first kappa shape index (κ1) is 9.06. The monoisotopic (exact) mass is 185 g/mol. The summed E-state index contributed by atoms with van der Waals surface area (Å²) in [5.74, 6) is 0.0136. The van der Waals surface area contributed by atoms with E-state index < -0.39 is 9.84 Å². The van der Waals surface area contributed by atoms with E-state index in [9.17, 15) is 8.42 Å². The molecule has 12 heavy (non-hydrogen) atoms. The summed E-state index contributed by atoms with van der Waals surface area (Å²) in [6.07, 6.45) is 1.19. The van der Waals surface area contributed by atoms with Crippen LogP contribution in [0.3, 0.4) is 0 Å². The second-order valence-corrected chi connectivity index (χ2v) is 4.91. The molecule has 0 aromatic heterocycles. The van der Waals surface area contributed by atoms with Gasteiger partial charge in [0.15, 0.2) is 9.84 Å². The summed E-state index contributed by atoms with van der Waals surface area (Å²) < 4.78 is 21.8. The van der Waals surface area contributed by atoms with Crippen LogP contribution in [0.5, 0.6) is 0 Å². The van der Waals surface area contributed by atoms with Crippen molar-refractivity contribution in [3.05, 3.63) is 29.8 Å². The fourth-order valence-electron chi connectivity index (χ4n) is 0.948. The lowest BCUT2D eigenvalue weighted by atomic mass is 10.2. The molecule has 0 aliphatic heterocycles. The maximum Gasteiger partial charge on any atom is 0.151 e. The molecule has 3 nitrogen and oxygen atoms in total. The first-order valence-electron chi connectivity index (χ1n) is 3.50. The molecule has 0 radical (unpaired) electrons. The van der Waals surface area contributed by atoms with Crippen molar-refractivity contribution < 1.29 is 8.42 Å². The van der Waals surface area contributed by atoms with Crippen LogP contribution < -0.4 is 5.73 Å². The largest absolute Gasteiger partial charge is 0.398 e. The highest BCUT2D eigenvalue weighted by atomic mass is 32.2. The van der Waals surface area contributed by atoms with Crippen molar-refractivity contribution >= 4 is 15.5 Å². The van der Waals surface area contributed by atoms with E-state index in [0.29, 0.717) is 11.3 Å². The molecular formula is C8H11NO2S. The van der Waals surface area contributed by atoms with Gasteiger partial charge in [-0.05, 0) is 11.6 Å². The Morgan fingerprint density at radius 3 is 2.42 bits per heavy atom. The Bertz CT molecular complexity index is 370. The fraction of sp³-hybridized carbons (Fsp3) is 0.250. The van der Waals surface area contributed by atoms with Gasteiger partial charge >= 0.3 is 0 Å². The highest BCUT2D eigenvalue weighted by Gasteiger charge is 2.05. The Morgan fingerprint density at radius 2 is 1.92 bits per heavy atom. The molecule has 0 bridgehead atoms. The molecule has 0 heterocycles. The molecule has 0 unspecified atom stereocenters. The fourth-order valence-corrected chi connectivity index (χ4v) is 1.78. The van der Waals surface area contributed by atoms with Crippen LogP contribution >= 0.6 is 0 Å². The first-order valence-corrected chi connectivity index (χ1v) is 5.56. The molecule has 66 valence electrons. The third kappa shape index (κ3) is 2.54. The summed E-state index contributed by atoms with van der Waals surface area (Å²) >= 11 is 0. The lowest BCUT2D eigenvalue weighted by molar-refractivity contribution is 0.601. The Hall–Kier alpha value is -1.03. The van der Waals surface area contributed by atoms with E-state index in [0.717, 1.165) is 0 Å². The minimum Gasteiger partial charge on any atom is -0.398 e. The number of anilines is 1. The van der Waals surface area contributed by atoms with E-state index in [1.807, 2.05) is 0 Å². The zero-order valence-electron chi connectivity index (χ0n) is 6.82. The summed E-state index contributed by atoms with van der Waals surface area (Å²) in [6, 6.07) is 6.97. The van der Waals surface area contributed by atoms with Gasteiger partial charge in [0, 0.05) is 11.9 Å². The summed E-state index contributed by atoms with van der Waals surface area (Å²) in [5, 5.41) is 0. The Kier molecular flexibility index (Phi) is 2.38. The Balaban J connectivity index is 2.98. The molecule has 4 heteroatoms. The number of sulfone groups is 1. The van der Waals surface area contributed by atoms with Gasteiger partial charge in [-0.2, -0.15) is 0 Å². The van der Waals surface area contributed by atoms with E-state index in [-0.39, 0.29) is 5.75 Å². The quantitative estimate of drug-likeness (QED) is 0.694. The Morgan fingerprint density at radius 1 is 1.33 bits per heavy atom. The third-order valence-corrected chi connectivity index (χ3v) is 2.31. The highest BCUT2D eigenvalue weighted by molar-refractivity contribution is 7.89. The van der Waals surface area contributed by atoms with Gasteiger partial charge in [0.1, 0.15) is 0 Å². The van der Waals surface area contributed by atoms with Crippen molar-refractivity contribution in [2.24, 2.45) is 0 Å². The normalized spacial score (nSPS) is 11.4. The van der Waals surface area contributed by atoms with Gasteiger partial charge in [0.2, 0.25) is 0 Å². The Labute approximate surface area is 72.1 Å². The molecular weight excluding hydrogens is 174 g/mol. The molecule has 0 aliphatic carbocycles. The van der Waals surface area contributed by atoms with Crippen molar-refractivity contribution in [2.45, 2.75) is 5.75 Å². The van der Waals surface area contributed by atoms with Crippen LogP contribution in [0.4, 0.5) is 5.69 Å². The number of nitrogens with two attached hydrogens (primary N) is 1. The summed E-state index contributed by atoms with van der Waals surface area (Å²) in [5.41, 5.74) is 6.76. The molecule has 1 aromatic carbocycles. The molecule has 0 saturated carbocycles. The molecule has 0 amide bonds. The molecule has 0 aliphatic rings. The van der Waals surface area contributed by atoms with Crippen LogP contribution in [-0.2, 0) is 15.6 Å². The van der Waals surface area contributed by atoms with Gasteiger partial charge in [0.05, 0.1) is 5.75 Å². The maximum atomic E-state index is 10.9.